The number of phenols is 1. The molecular formula is C12H13N3O2S. The highest BCUT2D eigenvalue weighted by Gasteiger charge is 2.00. The van der Waals surface area contributed by atoms with Gasteiger partial charge >= 0.3 is 0 Å². The van der Waals surface area contributed by atoms with Gasteiger partial charge in [0, 0.05) is 5.38 Å². The third kappa shape index (κ3) is 2.98. The van der Waals surface area contributed by atoms with E-state index in [0.717, 1.165) is 16.4 Å². The van der Waals surface area contributed by atoms with E-state index in [0.29, 0.717) is 5.75 Å². The average molecular weight is 263 g/mol. The molecule has 0 bridgehead atoms. The number of methoxy groups -OCH3 is 1. The molecule has 0 aliphatic carbocycles. The van der Waals surface area contributed by atoms with E-state index < -0.39 is 0 Å². The SMILES string of the molecule is COc1ccc(/C=N/Nc2nc(C)cs2)cc1O. The van der Waals surface area contributed by atoms with Crippen molar-refractivity contribution in [3.05, 3.63) is 34.8 Å². The number of hydrazone groups is 1. The molecule has 0 aliphatic rings. The Kier molecular flexibility index (Phi) is 3.78. The van der Waals surface area contributed by atoms with Crippen molar-refractivity contribution < 1.29 is 9.84 Å². The van der Waals surface area contributed by atoms with Crippen molar-refractivity contribution in [1.82, 2.24) is 4.98 Å². The molecule has 0 spiro atoms. The molecule has 94 valence electrons. The number of aromatic hydroxyl groups is 1. The van der Waals surface area contributed by atoms with Crippen LogP contribution in [0.4, 0.5) is 5.13 Å². The maximum Gasteiger partial charge on any atom is 0.203 e. The summed E-state index contributed by atoms with van der Waals surface area (Å²) in [6, 6.07) is 5.07. The summed E-state index contributed by atoms with van der Waals surface area (Å²) in [5.74, 6) is 0.530. The van der Waals surface area contributed by atoms with Crippen LogP contribution in [0.1, 0.15) is 11.3 Å². The first-order valence-corrected chi connectivity index (χ1v) is 6.15. The molecule has 0 atom stereocenters. The largest absolute Gasteiger partial charge is 0.504 e. The molecule has 5 nitrogen and oxygen atoms in total. The van der Waals surface area contributed by atoms with Gasteiger partial charge in [-0.05, 0) is 30.7 Å². The van der Waals surface area contributed by atoms with Gasteiger partial charge in [-0.15, -0.1) is 11.3 Å². The standard InChI is InChI=1S/C12H13N3O2S/c1-8-7-18-12(14-8)15-13-6-9-3-4-11(17-2)10(16)5-9/h3-7,16H,1-2H3,(H,14,15)/b13-6+. The molecule has 1 aromatic heterocycles. The zero-order chi connectivity index (χ0) is 13.0. The Morgan fingerprint density at radius 3 is 2.94 bits per heavy atom. The summed E-state index contributed by atoms with van der Waals surface area (Å²) in [7, 11) is 1.51. The molecule has 0 fully saturated rings. The molecular weight excluding hydrogens is 250 g/mol. The summed E-state index contributed by atoms with van der Waals surface area (Å²) in [5, 5.41) is 16.3. The quantitative estimate of drug-likeness (QED) is 0.657. The van der Waals surface area contributed by atoms with E-state index in [9.17, 15) is 5.11 Å². The van der Waals surface area contributed by atoms with Crippen LogP contribution in [-0.4, -0.2) is 23.4 Å². The highest BCUT2D eigenvalue weighted by Crippen LogP contribution is 2.25. The molecule has 2 aromatic rings. The van der Waals surface area contributed by atoms with Gasteiger partial charge in [-0.3, -0.25) is 5.43 Å². The van der Waals surface area contributed by atoms with Gasteiger partial charge in [0.2, 0.25) is 5.13 Å². The Balaban J connectivity index is 2.03. The number of phenolic OH excluding ortho intramolecular Hbond substituents is 1. The Labute approximate surface area is 109 Å². The summed E-state index contributed by atoms with van der Waals surface area (Å²) in [6.45, 7) is 1.92. The highest BCUT2D eigenvalue weighted by atomic mass is 32.1. The number of hydrogen-bond acceptors (Lipinski definition) is 6. The molecule has 2 N–H and O–H groups in total. The van der Waals surface area contributed by atoms with Crippen LogP contribution in [0.3, 0.4) is 0 Å². The van der Waals surface area contributed by atoms with Crippen LogP contribution in [-0.2, 0) is 0 Å². The fraction of sp³-hybridized carbons (Fsp3) is 0.167. The molecule has 18 heavy (non-hydrogen) atoms. The van der Waals surface area contributed by atoms with Crippen molar-refractivity contribution in [3.8, 4) is 11.5 Å². The second-order valence-electron chi connectivity index (χ2n) is 3.60. The maximum atomic E-state index is 9.59. The van der Waals surface area contributed by atoms with E-state index in [-0.39, 0.29) is 5.75 Å². The number of nitrogens with zero attached hydrogens (tertiary/aromatic N) is 2. The molecule has 0 saturated heterocycles. The normalized spacial score (nSPS) is 10.8. The molecule has 1 aromatic carbocycles. The molecule has 0 saturated carbocycles. The summed E-state index contributed by atoms with van der Waals surface area (Å²) >= 11 is 1.49. The minimum atomic E-state index is 0.0894. The zero-order valence-electron chi connectivity index (χ0n) is 10.0. The summed E-state index contributed by atoms with van der Waals surface area (Å²) in [5.41, 5.74) is 4.56. The Bertz CT molecular complexity index is 566. The van der Waals surface area contributed by atoms with Crippen LogP contribution in [0, 0.1) is 6.92 Å². The molecule has 0 aliphatic heterocycles. The first-order valence-electron chi connectivity index (χ1n) is 5.27. The van der Waals surface area contributed by atoms with Gasteiger partial charge in [-0.25, -0.2) is 4.98 Å². The Hall–Kier alpha value is -2.08. The third-order valence-electron chi connectivity index (χ3n) is 2.20. The van der Waals surface area contributed by atoms with Crippen molar-refractivity contribution in [2.75, 3.05) is 12.5 Å². The van der Waals surface area contributed by atoms with Gasteiger partial charge < -0.3 is 9.84 Å². The summed E-state index contributed by atoms with van der Waals surface area (Å²) < 4.78 is 4.96. The van der Waals surface area contributed by atoms with Crippen molar-refractivity contribution in [2.24, 2.45) is 5.10 Å². The van der Waals surface area contributed by atoms with Crippen LogP contribution in [0.2, 0.25) is 0 Å². The second kappa shape index (κ2) is 5.50. The predicted octanol–water partition coefficient (Wildman–Crippen LogP) is 2.61. The number of benzene rings is 1. The number of ether oxygens (including phenoxy) is 1. The first kappa shape index (κ1) is 12.4. The lowest BCUT2D eigenvalue weighted by molar-refractivity contribution is 0.373. The van der Waals surface area contributed by atoms with Crippen LogP contribution >= 0.6 is 11.3 Å². The average Bonchev–Trinajstić information content (AvgIpc) is 2.75. The number of thiazole rings is 1. The number of aromatic nitrogens is 1. The minimum Gasteiger partial charge on any atom is -0.504 e. The number of aryl methyl sites for hydroxylation is 1. The van der Waals surface area contributed by atoms with Gasteiger partial charge in [0.15, 0.2) is 11.5 Å². The predicted molar refractivity (Wildman–Crippen MR) is 72.7 cm³/mol. The van der Waals surface area contributed by atoms with Crippen LogP contribution in [0.15, 0.2) is 28.7 Å². The van der Waals surface area contributed by atoms with Gasteiger partial charge in [-0.1, -0.05) is 0 Å². The minimum absolute atomic E-state index is 0.0894. The fourth-order valence-corrected chi connectivity index (χ4v) is 1.99. The van der Waals surface area contributed by atoms with Crippen molar-refractivity contribution >= 4 is 22.7 Å². The fourth-order valence-electron chi connectivity index (χ4n) is 1.35. The lowest BCUT2D eigenvalue weighted by Gasteiger charge is -2.02. The summed E-state index contributed by atoms with van der Waals surface area (Å²) in [4.78, 5) is 4.21. The van der Waals surface area contributed by atoms with E-state index in [1.807, 2.05) is 12.3 Å². The second-order valence-corrected chi connectivity index (χ2v) is 4.45. The molecule has 0 unspecified atom stereocenters. The molecule has 1 heterocycles. The first-order chi connectivity index (χ1) is 8.69. The van der Waals surface area contributed by atoms with E-state index in [4.69, 9.17) is 4.74 Å². The number of anilines is 1. The monoisotopic (exact) mass is 263 g/mol. The van der Waals surface area contributed by atoms with Gasteiger partial charge in [0.25, 0.3) is 0 Å². The number of nitrogens with one attached hydrogen (secondary N) is 1. The van der Waals surface area contributed by atoms with Crippen LogP contribution in [0.5, 0.6) is 11.5 Å². The van der Waals surface area contributed by atoms with Crippen molar-refractivity contribution in [1.29, 1.82) is 0 Å². The Morgan fingerprint density at radius 2 is 2.33 bits per heavy atom. The topological polar surface area (TPSA) is 66.7 Å². The maximum absolute atomic E-state index is 9.59. The Morgan fingerprint density at radius 1 is 1.50 bits per heavy atom. The van der Waals surface area contributed by atoms with E-state index in [1.165, 1.54) is 18.4 Å². The van der Waals surface area contributed by atoms with Crippen LogP contribution < -0.4 is 10.2 Å². The smallest absolute Gasteiger partial charge is 0.203 e. The molecule has 0 radical (unpaired) electrons. The van der Waals surface area contributed by atoms with E-state index in [1.54, 1.807) is 24.4 Å². The molecule has 2 rings (SSSR count). The van der Waals surface area contributed by atoms with Gasteiger partial charge in [-0.2, -0.15) is 5.10 Å². The molecule has 0 amide bonds. The zero-order valence-corrected chi connectivity index (χ0v) is 10.9. The summed E-state index contributed by atoms with van der Waals surface area (Å²) in [6.07, 6.45) is 1.61. The van der Waals surface area contributed by atoms with E-state index in [2.05, 4.69) is 15.5 Å². The van der Waals surface area contributed by atoms with Gasteiger partial charge in [0.05, 0.1) is 19.0 Å². The number of rotatable bonds is 4. The van der Waals surface area contributed by atoms with E-state index >= 15 is 0 Å². The lowest BCUT2D eigenvalue weighted by Crippen LogP contribution is -1.91. The van der Waals surface area contributed by atoms with Gasteiger partial charge in [0.1, 0.15) is 0 Å². The lowest BCUT2D eigenvalue weighted by atomic mass is 10.2. The van der Waals surface area contributed by atoms with Crippen molar-refractivity contribution in [2.45, 2.75) is 6.92 Å². The number of hydrogen-bond donors (Lipinski definition) is 2. The van der Waals surface area contributed by atoms with Crippen molar-refractivity contribution in [3.63, 3.8) is 0 Å². The molecule has 6 heteroatoms. The highest BCUT2D eigenvalue weighted by molar-refractivity contribution is 7.13. The van der Waals surface area contributed by atoms with Crippen LogP contribution in [0.25, 0.3) is 0 Å². The third-order valence-corrected chi connectivity index (χ3v) is 3.06.